The summed E-state index contributed by atoms with van der Waals surface area (Å²) in [5.74, 6) is 10.7. The second-order valence-corrected chi connectivity index (χ2v) is 9.62. The molecule has 3 rings (SSSR count). The van der Waals surface area contributed by atoms with Crippen molar-refractivity contribution in [1.82, 2.24) is 0 Å². The summed E-state index contributed by atoms with van der Waals surface area (Å²) in [5, 5.41) is 0. The second kappa shape index (κ2) is 15.3. The molecule has 0 aliphatic carbocycles. The molecule has 1 atom stereocenters. The average Bonchev–Trinajstić information content (AvgIpc) is 2.90. The highest BCUT2D eigenvalue weighted by Crippen LogP contribution is 2.22. The predicted octanol–water partition coefficient (Wildman–Crippen LogP) is 8.22. The van der Waals surface area contributed by atoms with Gasteiger partial charge in [-0.1, -0.05) is 70.1 Å². The van der Waals surface area contributed by atoms with Crippen molar-refractivity contribution >= 4 is 0 Å². The van der Waals surface area contributed by atoms with Crippen molar-refractivity contribution in [3.05, 3.63) is 64.2 Å². The largest absolute Gasteiger partial charge is 0.465 e. The zero-order valence-electron chi connectivity index (χ0n) is 21.8. The fourth-order valence-electron chi connectivity index (χ4n) is 4.55. The lowest BCUT2D eigenvalue weighted by atomic mass is 9.92. The molecule has 1 aliphatic rings. The Labute approximate surface area is 213 Å². The number of benzene rings is 2. The van der Waals surface area contributed by atoms with E-state index in [4.69, 9.17) is 15.9 Å². The third-order valence-corrected chi connectivity index (χ3v) is 6.69. The predicted molar refractivity (Wildman–Crippen MR) is 147 cm³/mol. The van der Waals surface area contributed by atoms with Gasteiger partial charge in [-0.3, -0.25) is 0 Å². The third-order valence-electron chi connectivity index (χ3n) is 6.69. The number of hydrogen-bond donors (Lipinski definition) is 0. The normalized spacial score (nSPS) is 15.2. The molecule has 0 radical (unpaired) electrons. The molecule has 1 aliphatic heterocycles. The van der Waals surface area contributed by atoms with Crippen molar-refractivity contribution in [3.8, 4) is 29.9 Å². The van der Waals surface area contributed by atoms with Crippen molar-refractivity contribution in [3.63, 3.8) is 0 Å². The molecular formula is C33H42O2. The van der Waals surface area contributed by atoms with Gasteiger partial charge in [0.05, 0.1) is 6.61 Å². The van der Waals surface area contributed by atoms with Gasteiger partial charge in [0.15, 0.2) is 6.29 Å². The van der Waals surface area contributed by atoms with E-state index in [1.165, 1.54) is 62.5 Å². The minimum absolute atomic E-state index is 0.124. The fourth-order valence-corrected chi connectivity index (χ4v) is 4.55. The molecule has 2 aromatic rings. The lowest BCUT2D eigenvalue weighted by Gasteiger charge is -2.23. The molecule has 1 fully saturated rings. The van der Waals surface area contributed by atoms with E-state index >= 15 is 0 Å². The van der Waals surface area contributed by atoms with Crippen LogP contribution in [-0.4, -0.2) is 12.9 Å². The van der Waals surface area contributed by atoms with Gasteiger partial charge >= 0.3 is 0 Å². The van der Waals surface area contributed by atoms with Gasteiger partial charge in [0.1, 0.15) is 5.75 Å². The molecule has 0 spiro atoms. The monoisotopic (exact) mass is 470 g/mol. The first kappa shape index (κ1) is 26.9. The Morgan fingerprint density at radius 2 is 1.49 bits per heavy atom. The Morgan fingerprint density at radius 3 is 2.09 bits per heavy atom. The number of rotatable bonds is 12. The van der Waals surface area contributed by atoms with E-state index in [9.17, 15) is 0 Å². The number of hydrogen-bond acceptors (Lipinski definition) is 2. The molecule has 186 valence electrons. The lowest BCUT2D eigenvalue weighted by Crippen LogP contribution is -2.24. The van der Waals surface area contributed by atoms with Gasteiger partial charge in [-0.15, -0.1) is 6.42 Å². The number of unbranched alkanes of at least 4 members (excludes halogenated alkanes) is 6. The Kier molecular flexibility index (Phi) is 11.8. The van der Waals surface area contributed by atoms with Crippen LogP contribution in [0.2, 0.25) is 0 Å². The van der Waals surface area contributed by atoms with Crippen LogP contribution in [0.25, 0.3) is 0 Å². The molecule has 0 saturated carbocycles. The van der Waals surface area contributed by atoms with Crippen LogP contribution in [0.1, 0.15) is 112 Å². The average molecular weight is 471 g/mol. The van der Waals surface area contributed by atoms with Crippen LogP contribution in [-0.2, 0) is 17.6 Å². The Morgan fingerprint density at radius 1 is 0.829 bits per heavy atom. The summed E-state index contributed by atoms with van der Waals surface area (Å²) in [6.45, 7) is 5.28. The molecular weight excluding hydrogens is 428 g/mol. The first-order chi connectivity index (χ1) is 17.2. The van der Waals surface area contributed by atoms with Crippen LogP contribution in [0.15, 0.2) is 36.4 Å². The Balaban J connectivity index is 1.76. The summed E-state index contributed by atoms with van der Waals surface area (Å²) in [4.78, 5) is 0. The van der Waals surface area contributed by atoms with Crippen molar-refractivity contribution in [2.24, 2.45) is 0 Å². The molecule has 35 heavy (non-hydrogen) atoms. The molecule has 2 heteroatoms. The summed E-state index contributed by atoms with van der Waals surface area (Å²) < 4.78 is 11.6. The van der Waals surface area contributed by atoms with E-state index in [1.807, 2.05) is 24.3 Å². The third kappa shape index (κ3) is 9.12. The van der Waals surface area contributed by atoms with E-state index in [2.05, 4.69) is 43.7 Å². The lowest BCUT2D eigenvalue weighted by molar-refractivity contribution is -0.105. The maximum absolute atomic E-state index is 5.96. The smallest absolute Gasteiger partial charge is 0.199 e. The summed E-state index contributed by atoms with van der Waals surface area (Å²) in [5.41, 5.74) is 5.71. The summed E-state index contributed by atoms with van der Waals surface area (Å²) in [7, 11) is 0. The zero-order valence-corrected chi connectivity index (χ0v) is 21.8. The first-order valence-corrected chi connectivity index (χ1v) is 13.8. The SMILES string of the molecule is C#Cc1cc(CCCCCC)c(C#Cc2ccc(OC3CCCCO3)cc2)cc1CCCCCC. The standard InChI is InChI=1S/C33H42O2/c1-4-7-9-11-15-29-26-31(30(25-28(29)6-3)16-12-10-8-5-2)21-18-27-19-22-32(23-20-27)35-33-17-13-14-24-34-33/h3,19-20,22-23,25-26,33H,4-5,7-17,24H2,1-2H3. The van der Waals surface area contributed by atoms with Crippen molar-refractivity contribution in [1.29, 1.82) is 0 Å². The molecule has 0 N–H and O–H groups in total. The number of ether oxygens (including phenoxy) is 2. The Hall–Kier alpha value is -2.68. The molecule has 0 bridgehead atoms. The minimum atomic E-state index is -0.124. The molecule has 0 aromatic heterocycles. The zero-order chi connectivity index (χ0) is 24.7. The van der Waals surface area contributed by atoms with Gasteiger partial charge in [0.2, 0.25) is 0 Å². The van der Waals surface area contributed by atoms with Crippen molar-refractivity contribution in [2.75, 3.05) is 6.61 Å². The van der Waals surface area contributed by atoms with Gasteiger partial charge in [-0.2, -0.15) is 0 Å². The van der Waals surface area contributed by atoms with E-state index in [0.29, 0.717) is 0 Å². The van der Waals surface area contributed by atoms with Crippen LogP contribution >= 0.6 is 0 Å². The molecule has 1 heterocycles. The van der Waals surface area contributed by atoms with E-state index in [0.717, 1.165) is 61.2 Å². The van der Waals surface area contributed by atoms with Crippen LogP contribution < -0.4 is 4.74 Å². The first-order valence-electron chi connectivity index (χ1n) is 13.8. The van der Waals surface area contributed by atoms with Crippen molar-refractivity contribution in [2.45, 2.75) is 104 Å². The maximum atomic E-state index is 5.96. The van der Waals surface area contributed by atoms with Gasteiger partial charge in [-0.05, 0) is 86.1 Å². The molecule has 0 amide bonds. The fraction of sp³-hybridized carbons (Fsp3) is 0.515. The Bertz CT molecular complexity index is 994. The highest BCUT2D eigenvalue weighted by atomic mass is 16.7. The highest BCUT2D eigenvalue weighted by molar-refractivity contribution is 5.54. The summed E-state index contributed by atoms with van der Waals surface area (Å²) in [6.07, 6.45) is 21.0. The quantitative estimate of drug-likeness (QED) is 0.230. The second-order valence-electron chi connectivity index (χ2n) is 9.62. The van der Waals surface area contributed by atoms with E-state index in [-0.39, 0.29) is 6.29 Å². The van der Waals surface area contributed by atoms with Gasteiger partial charge < -0.3 is 9.47 Å². The molecule has 2 aromatic carbocycles. The summed E-state index contributed by atoms with van der Waals surface area (Å²) in [6, 6.07) is 12.6. The minimum Gasteiger partial charge on any atom is -0.465 e. The number of aryl methyl sites for hydroxylation is 2. The van der Waals surface area contributed by atoms with Crippen LogP contribution in [0, 0.1) is 24.2 Å². The number of terminal acetylenes is 1. The van der Waals surface area contributed by atoms with Gasteiger partial charge in [0, 0.05) is 23.1 Å². The maximum Gasteiger partial charge on any atom is 0.199 e. The summed E-state index contributed by atoms with van der Waals surface area (Å²) >= 11 is 0. The highest BCUT2D eigenvalue weighted by Gasteiger charge is 2.15. The topological polar surface area (TPSA) is 18.5 Å². The molecule has 1 saturated heterocycles. The van der Waals surface area contributed by atoms with E-state index < -0.39 is 0 Å². The molecule has 1 unspecified atom stereocenters. The van der Waals surface area contributed by atoms with Gasteiger partial charge in [0.25, 0.3) is 0 Å². The van der Waals surface area contributed by atoms with E-state index in [1.54, 1.807) is 0 Å². The van der Waals surface area contributed by atoms with Crippen LogP contribution in [0.5, 0.6) is 5.75 Å². The van der Waals surface area contributed by atoms with Crippen LogP contribution in [0.3, 0.4) is 0 Å². The van der Waals surface area contributed by atoms with Crippen LogP contribution in [0.4, 0.5) is 0 Å². The van der Waals surface area contributed by atoms with Gasteiger partial charge in [-0.25, -0.2) is 0 Å². The van der Waals surface area contributed by atoms with Crippen molar-refractivity contribution < 1.29 is 9.47 Å². The molecule has 2 nitrogen and oxygen atoms in total.